The molecule has 0 saturated carbocycles. The number of aryl methyl sites for hydroxylation is 3. The first-order valence-corrected chi connectivity index (χ1v) is 11.4. The third kappa shape index (κ3) is 3.52. The molecule has 1 fully saturated rings. The van der Waals surface area contributed by atoms with Crippen molar-refractivity contribution in [3.63, 3.8) is 0 Å². The second-order valence-corrected chi connectivity index (χ2v) is 8.84. The van der Waals surface area contributed by atoms with Gasteiger partial charge in [-0.1, -0.05) is 24.3 Å². The molecule has 2 N–H and O–H groups in total. The number of piperidine rings is 1. The van der Waals surface area contributed by atoms with Gasteiger partial charge in [0.25, 0.3) is 5.56 Å². The lowest BCUT2D eigenvalue weighted by molar-refractivity contribution is 0.494. The molecule has 5 rings (SSSR count). The van der Waals surface area contributed by atoms with Gasteiger partial charge in [-0.2, -0.15) is 4.98 Å². The minimum atomic E-state index is -0.400. The summed E-state index contributed by atoms with van der Waals surface area (Å²) < 4.78 is 4.65. The lowest BCUT2D eigenvalue weighted by atomic mass is 10.1. The van der Waals surface area contributed by atoms with E-state index in [-0.39, 0.29) is 18.1 Å². The van der Waals surface area contributed by atoms with E-state index in [1.807, 2.05) is 48.7 Å². The summed E-state index contributed by atoms with van der Waals surface area (Å²) in [5.41, 5.74) is 7.83. The molecule has 1 saturated heterocycles. The van der Waals surface area contributed by atoms with Gasteiger partial charge < -0.3 is 15.2 Å². The van der Waals surface area contributed by atoms with Crippen molar-refractivity contribution in [1.82, 2.24) is 23.7 Å². The van der Waals surface area contributed by atoms with Gasteiger partial charge in [0.05, 0.1) is 12.2 Å². The van der Waals surface area contributed by atoms with Gasteiger partial charge in [-0.3, -0.25) is 18.9 Å². The van der Waals surface area contributed by atoms with E-state index in [1.54, 1.807) is 7.05 Å². The summed E-state index contributed by atoms with van der Waals surface area (Å²) >= 11 is 0. The Morgan fingerprint density at radius 3 is 2.70 bits per heavy atom. The van der Waals surface area contributed by atoms with Crippen molar-refractivity contribution in [1.29, 1.82) is 0 Å². The zero-order chi connectivity index (χ0) is 23.3. The number of hydrogen-bond acceptors (Lipinski definition) is 6. The van der Waals surface area contributed by atoms with Crippen LogP contribution in [0.1, 0.15) is 31.2 Å². The van der Waals surface area contributed by atoms with Crippen LogP contribution in [0.15, 0.2) is 39.9 Å². The van der Waals surface area contributed by atoms with E-state index in [4.69, 9.17) is 10.7 Å². The van der Waals surface area contributed by atoms with Crippen LogP contribution < -0.4 is 21.9 Å². The Balaban J connectivity index is 1.70. The molecular formula is C24H29N7O2. The molecule has 0 spiro atoms. The number of aromatic nitrogens is 5. The van der Waals surface area contributed by atoms with Gasteiger partial charge in [0.2, 0.25) is 5.95 Å². The van der Waals surface area contributed by atoms with Crippen LogP contribution in [0.25, 0.3) is 21.9 Å². The highest BCUT2D eigenvalue weighted by Gasteiger charge is 2.26. The number of hydrogen-bond donors (Lipinski definition) is 1. The molecule has 0 radical (unpaired) electrons. The van der Waals surface area contributed by atoms with E-state index in [0.29, 0.717) is 35.9 Å². The molecule has 0 amide bonds. The molecular weight excluding hydrogens is 418 g/mol. The first-order valence-electron chi connectivity index (χ1n) is 11.4. The van der Waals surface area contributed by atoms with E-state index < -0.39 is 5.69 Å². The molecule has 4 heterocycles. The monoisotopic (exact) mass is 447 g/mol. The van der Waals surface area contributed by atoms with Crippen molar-refractivity contribution >= 4 is 27.9 Å². The maximum Gasteiger partial charge on any atom is 0.332 e. The standard InChI is InChI=1S/C24H29N7O2/c1-4-30-20-21(27-23(30)29-11-7-9-17(25)13-29)28(3)24(33)31(22(20)32)14-19-18-10-6-5-8-16(18)12-15(2)26-19/h5-6,8,10,12,17H,4,7,9,11,13-14,25H2,1-3H3/t17-/m1/s1. The van der Waals surface area contributed by atoms with Crippen LogP contribution in [0.5, 0.6) is 0 Å². The van der Waals surface area contributed by atoms with Gasteiger partial charge in [0.15, 0.2) is 11.2 Å². The normalized spacial score (nSPS) is 16.7. The zero-order valence-electron chi connectivity index (χ0n) is 19.3. The predicted octanol–water partition coefficient (Wildman–Crippen LogP) is 1.75. The molecule has 1 aliphatic heterocycles. The SMILES string of the molecule is CCn1c(N2CCC[C@@H](N)C2)nc2c1c(=O)n(Cc1nc(C)cc3ccccc13)c(=O)n2C. The second kappa shape index (κ2) is 8.15. The topological polar surface area (TPSA) is 104 Å². The van der Waals surface area contributed by atoms with E-state index in [9.17, 15) is 9.59 Å². The number of pyridine rings is 1. The van der Waals surface area contributed by atoms with E-state index >= 15 is 0 Å². The molecule has 33 heavy (non-hydrogen) atoms. The average Bonchev–Trinajstić information content (AvgIpc) is 3.20. The largest absolute Gasteiger partial charge is 0.341 e. The van der Waals surface area contributed by atoms with Crippen LogP contribution in [-0.4, -0.2) is 42.8 Å². The third-order valence-corrected chi connectivity index (χ3v) is 6.52. The van der Waals surface area contributed by atoms with Gasteiger partial charge in [-0.25, -0.2) is 4.79 Å². The van der Waals surface area contributed by atoms with Crippen LogP contribution in [0.3, 0.4) is 0 Å². The highest BCUT2D eigenvalue weighted by Crippen LogP contribution is 2.23. The summed E-state index contributed by atoms with van der Waals surface area (Å²) in [5.74, 6) is 0.701. The van der Waals surface area contributed by atoms with Crippen LogP contribution in [0, 0.1) is 6.92 Å². The Kier molecular flexibility index (Phi) is 5.28. The Hall–Kier alpha value is -3.46. The summed E-state index contributed by atoms with van der Waals surface area (Å²) in [7, 11) is 1.67. The molecule has 1 aromatic carbocycles. The van der Waals surface area contributed by atoms with Crippen molar-refractivity contribution in [2.45, 2.75) is 45.8 Å². The molecule has 0 unspecified atom stereocenters. The second-order valence-electron chi connectivity index (χ2n) is 8.84. The highest BCUT2D eigenvalue weighted by molar-refractivity contribution is 5.85. The summed E-state index contributed by atoms with van der Waals surface area (Å²) in [6.07, 6.45) is 1.95. The van der Waals surface area contributed by atoms with Crippen molar-refractivity contribution in [3.05, 3.63) is 62.6 Å². The fourth-order valence-electron chi connectivity index (χ4n) is 4.92. The Morgan fingerprint density at radius 2 is 1.94 bits per heavy atom. The average molecular weight is 448 g/mol. The fourth-order valence-corrected chi connectivity index (χ4v) is 4.92. The van der Waals surface area contributed by atoms with E-state index in [2.05, 4.69) is 9.88 Å². The minimum absolute atomic E-state index is 0.0741. The molecule has 9 heteroatoms. The summed E-state index contributed by atoms with van der Waals surface area (Å²) in [5, 5.41) is 1.97. The lowest BCUT2D eigenvalue weighted by Crippen LogP contribution is -2.44. The summed E-state index contributed by atoms with van der Waals surface area (Å²) in [6.45, 7) is 6.09. The van der Waals surface area contributed by atoms with Gasteiger partial charge in [0, 0.05) is 43.8 Å². The van der Waals surface area contributed by atoms with Crippen LogP contribution >= 0.6 is 0 Å². The number of benzene rings is 1. The van der Waals surface area contributed by atoms with Crippen molar-refractivity contribution in [2.24, 2.45) is 12.8 Å². The van der Waals surface area contributed by atoms with Crippen molar-refractivity contribution < 1.29 is 0 Å². The van der Waals surface area contributed by atoms with Crippen molar-refractivity contribution in [2.75, 3.05) is 18.0 Å². The molecule has 1 aliphatic rings. The van der Waals surface area contributed by atoms with E-state index in [1.165, 1.54) is 9.13 Å². The molecule has 0 aliphatic carbocycles. The summed E-state index contributed by atoms with van der Waals surface area (Å²) in [6, 6.07) is 9.97. The maximum absolute atomic E-state index is 13.7. The Labute approximate surface area is 191 Å². The fraction of sp³-hybridized carbons (Fsp3) is 0.417. The number of nitrogens with zero attached hydrogens (tertiary/aromatic N) is 6. The molecule has 172 valence electrons. The van der Waals surface area contributed by atoms with E-state index in [0.717, 1.165) is 35.9 Å². The molecule has 1 atom stereocenters. The number of fused-ring (bicyclic) bond motifs is 2. The molecule has 0 bridgehead atoms. The lowest BCUT2D eigenvalue weighted by Gasteiger charge is -2.31. The van der Waals surface area contributed by atoms with Gasteiger partial charge in [-0.05, 0) is 38.1 Å². The summed E-state index contributed by atoms with van der Waals surface area (Å²) in [4.78, 5) is 38.5. The number of imidazole rings is 1. The first-order chi connectivity index (χ1) is 15.9. The predicted molar refractivity (Wildman–Crippen MR) is 130 cm³/mol. The third-order valence-electron chi connectivity index (χ3n) is 6.52. The quantitative estimate of drug-likeness (QED) is 0.511. The van der Waals surface area contributed by atoms with Crippen molar-refractivity contribution in [3.8, 4) is 0 Å². The minimum Gasteiger partial charge on any atom is -0.341 e. The zero-order valence-corrected chi connectivity index (χ0v) is 19.3. The van der Waals surface area contributed by atoms with Gasteiger partial charge in [0.1, 0.15) is 0 Å². The molecule has 4 aromatic rings. The smallest absolute Gasteiger partial charge is 0.332 e. The number of rotatable bonds is 4. The Bertz CT molecular complexity index is 1480. The van der Waals surface area contributed by atoms with Crippen LogP contribution in [0.2, 0.25) is 0 Å². The maximum atomic E-state index is 13.7. The first kappa shape index (κ1) is 21.4. The highest BCUT2D eigenvalue weighted by atomic mass is 16.2. The van der Waals surface area contributed by atoms with Crippen LogP contribution in [0.4, 0.5) is 5.95 Å². The number of nitrogens with two attached hydrogens (primary N) is 1. The van der Waals surface area contributed by atoms with Gasteiger partial charge in [-0.15, -0.1) is 0 Å². The number of anilines is 1. The molecule has 3 aromatic heterocycles. The van der Waals surface area contributed by atoms with Gasteiger partial charge >= 0.3 is 5.69 Å². The Morgan fingerprint density at radius 1 is 1.15 bits per heavy atom. The van der Waals surface area contributed by atoms with Crippen LogP contribution in [-0.2, 0) is 20.1 Å². The molecule has 9 nitrogen and oxygen atoms in total.